The smallest absolute Gasteiger partial charge is 0.122 e. The van der Waals surface area contributed by atoms with Gasteiger partial charge in [-0.05, 0) is 31.7 Å². The van der Waals surface area contributed by atoms with Gasteiger partial charge in [0.15, 0.2) is 0 Å². The second-order valence-electron chi connectivity index (χ2n) is 8.35. The van der Waals surface area contributed by atoms with E-state index in [4.69, 9.17) is 10.7 Å². The number of aryl methyl sites for hydroxylation is 1. The summed E-state index contributed by atoms with van der Waals surface area (Å²) in [5.41, 5.74) is 9.28. The molecule has 1 fully saturated rings. The van der Waals surface area contributed by atoms with E-state index in [2.05, 4.69) is 27.4 Å². The quantitative estimate of drug-likeness (QED) is 0.529. The minimum atomic E-state index is -0.399. The van der Waals surface area contributed by atoms with Gasteiger partial charge in [0.25, 0.3) is 0 Å². The summed E-state index contributed by atoms with van der Waals surface area (Å²) >= 11 is 0. The normalized spacial score (nSPS) is 20.8. The van der Waals surface area contributed by atoms with Crippen LogP contribution in [0.1, 0.15) is 32.1 Å². The van der Waals surface area contributed by atoms with Crippen molar-refractivity contribution in [1.29, 1.82) is 10.5 Å². The summed E-state index contributed by atoms with van der Waals surface area (Å²) in [4.78, 5) is 4.87. The lowest BCUT2D eigenvalue weighted by Crippen LogP contribution is -2.37. The molecule has 0 radical (unpaired) electrons. The van der Waals surface area contributed by atoms with Gasteiger partial charge in [0.1, 0.15) is 17.2 Å². The van der Waals surface area contributed by atoms with Crippen molar-refractivity contribution >= 4 is 11.3 Å². The third kappa shape index (κ3) is 3.17. The molecule has 2 N–H and O–H groups in total. The topological polar surface area (TPSA) is 139 Å². The van der Waals surface area contributed by atoms with E-state index >= 15 is 0 Å². The van der Waals surface area contributed by atoms with E-state index in [1.165, 1.54) is 0 Å². The number of nitrogens with two attached hydrogens (primary N) is 1. The number of nitrogens with zero attached hydrogens (tertiary/aromatic N) is 9. The summed E-state index contributed by atoms with van der Waals surface area (Å²) in [5, 5.41) is 32.2. The largest absolute Gasteiger partial charge is 0.384 e. The van der Waals surface area contributed by atoms with E-state index in [1.807, 2.05) is 23.1 Å². The van der Waals surface area contributed by atoms with Crippen LogP contribution in [0.4, 0.5) is 5.82 Å². The van der Waals surface area contributed by atoms with Crippen LogP contribution in [0.2, 0.25) is 0 Å². The van der Waals surface area contributed by atoms with E-state index in [-0.39, 0.29) is 5.92 Å². The van der Waals surface area contributed by atoms with Crippen molar-refractivity contribution in [2.75, 3.05) is 5.73 Å². The fourth-order valence-electron chi connectivity index (χ4n) is 4.49. The molecule has 0 amide bonds. The standard InChI is InChI=1S/C22H22N10/c1-30-20(25)10-17(29-30)18-14-31-19(4-9-26-31)21(28-18)16-12-27-32(13-16)22(7-8-23)5-2-15(11-24)3-6-22/h4,9-10,12-15H,2-3,5-7,25H2,1H3. The maximum atomic E-state index is 9.49. The van der Waals surface area contributed by atoms with Crippen LogP contribution in [-0.2, 0) is 12.6 Å². The lowest BCUT2D eigenvalue weighted by atomic mass is 9.75. The molecule has 0 bridgehead atoms. The van der Waals surface area contributed by atoms with Crippen LogP contribution in [0.5, 0.6) is 0 Å². The number of fused-ring (bicyclic) bond motifs is 1. The van der Waals surface area contributed by atoms with Gasteiger partial charge in [0.05, 0.1) is 53.9 Å². The zero-order valence-electron chi connectivity index (χ0n) is 17.7. The van der Waals surface area contributed by atoms with Crippen molar-refractivity contribution in [3.63, 3.8) is 0 Å². The SMILES string of the molecule is Cn1nc(-c2cn3nccc3c(-c3cnn(C4(CC#N)CCC(C#N)CC4)c3)n2)cc1N. The molecular formula is C22H22N10. The molecule has 0 unspecified atom stereocenters. The van der Waals surface area contributed by atoms with E-state index in [9.17, 15) is 10.5 Å². The highest BCUT2D eigenvalue weighted by Gasteiger charge is 2.38. The Morgan fingerprint density at radius 2 is 2.00 bits per heavy atom. The number of nitriles is 2. The first kappa shape index (κ1) is 19.8. The monoisotopic (exact) mass is 426 g/mol. The van der Waals surface area contributed by atoms with Crippen LogP contribution in [-0.4, -0.2) is 34.2 Å². The molecule has 0 atom stereocenters. The van der Waals surface area contributed by atoms with E-state index in [0.717, 1.165) is 42.5 Å². The molecule has 1 saturated carbocycles. The molecule has 0 aliphatic heterocycles. The fraction of sp³-hybridized carbons (Fsp3) is 0.364. The first-order valence-corrected chi connectivity index (χ1v) is 10.5. The van der Waals surface area contributed by atoms with Crippen molar-refractivity contribution < 1.29 is 0 Å². The van der Waals surface area contributed by atoms with Gasteiger partial charge >= 0.3 is 0 Å². The number of aromatic nitrogens is 7. The van der Waals surface area contributed by atoms with Crippen LogP contribution < -0.4 is 5.73 Å². The average molecular weight is 426 g/mol. The molecule has 0 spiro atoms. The fourth-order valence-corrected chi connectivity index (χ4v) is 4.49. The maximum Gasteiger partial charge on any atom is 0.122 e. The minimum absolute atomic E-state index is 0.0485. The Hall–Kier alpha value is -4.18. The molecule has 10 heteroatoms. The number of nitrogen functional groups attached to an aromatic ring is 1. The molecule has 0 aromatic carbocycles. The molecule has 4 aromatic rings. The van der Waals surface area contributed by atoms with Gasteiger partial charge in [0, 0.05) is 30.8 Å². The van der Waals surface area contributed by atoms with Gasteiger partial charge in [-0.25, -0.2) is 9.50 Å². The third-order valence-corrected chi connectivity index (χ3v) is 6.42. The van der Waals surface area contributed by atoms with Crippen LogP contribution in [0.15, 0.2) is 36.9 Å². The highest BCUT2D eigenvalue weighted by atomic mass is 15.3. The molecule has 1 aliphatic carbocycles. The molecule has 5 rings (SSSR count). The number of anilines is 1. The highest BCUT2D eigenvalue weighted by Crippen LogP contribution is 2.40. The van der Waals surface area contributed by atoms with Crippen molar-refractivity contribution in [3.05, 3.63) is 36.9 Å². The molecular weight excluding hydrogens is 404 g/mol. The number of rotatable bonds is 4. The van der Waals surface area contributed by atoms with E-state index in [1.54, 1.807) is 34.7 Å². The Morgan fingerprint density at radius 3 is 2.69 bits per heavy atom. The van der Waals surface area contributed by atoms with Gasteiger partial charge in [0.2, 0.25) is 0 Å². The second-order valence-corrected chi connectivity index (χ2v) is 8.35. The lowest BCUT2D eigenvalue weighted by Gasteiger charge is -2.37. The molecule has 0 saturated heterocycles. The van der Waals surface area contributed by atoms with Crippen LogP contribution in [0, 0.1) is 28.6 Å². The summed E-state index contributed by atoms with van der Waals surface area (Å²) in [6, 6.07) is 8.37. The Morgan fingerprint density at radius 1 is 1.19 bits per heavy atom. The highest BCUT2D eigenvalue weighted by molar-refractivity contribution is 5.78. The number of hydrogen-bond acceptors (Lipinski definition) is 7. The first-order chi connectivity index (χ1) is 15.5. The molecule has 4 heterocycles. The Kier molecular flexibility index (Phi) is 4.63. The van der Waals surface area contributed by atoms with Crippen molar-refractivity contribution in [2.45, 2.75) is 37.6 Å². The Balaban J connectivity index is 1.58. The first-order valence-electron chi connectivity index (χ1n) is 10.5. The summed E-state index contributed by atoms with van der Waals surface area (Å²) in [5.74, 6) is 0.593. The summed E-state index contributed by atoms with van der Waals surface area (Å²) in [7, 11) is 1.78. The van der Waals surface area contributed by atoms with Crippen molar-refractivity contribution in [1.82, 2.24) is 34.2 Å². The van der Waals surface area contributed by atoms with Crippen LogP contribution in [0.25, 0.3) is 28.2 Å². The van der Waals surface area contributed by atoms with Crippen molar-refractivity contribution in [3.8, 4) is 34.8 Å². The van der Waals surface area contributed by atoms with Crippen LogP contribution in [0.3, 0.4) is 0 Å². The zero-order valence-corrected chi connectivity index (χ0v) is 17.7. The van der Waals surface area contributed by atoms with E-state index in [0.29, 0.717) is 23.6 Å². The molecule has 1 aliphatic rings. The Labute approximate surface area is 184 Å². The molecule has 4 aromatic heterocycles. The van der Waals surface area contributed by atoms with Gasteiger partial charge in [-0.15, -0.1) is 0 Å². The molecule has 32 heavy (non-hydrogen) atoms. The van der Waals surface area contributed by atoms with Gasteiger partial charge in [-0.1, -0.05) is 0 Å². The minimum Gasteiger partial charge on any atom is -0.384 e. The molecule has 10 nitrogen and oxygen atoms in total. The summed E-state index contributed by atoms with van der Waals surface area (Å²) in [6.45, 7) is 0. The Bertz CT molecular complexity index is 1350. The van der Waals surface area contributed by atoms with Crippen LogP contribution >= 0.6 is 0 Å². The summed E-state index contributed by atoms with van der Waals surface area (Å²) in [6.07, 6.45) is 10.7. The van der Waals surface area contributed by atoms with Crippen molar-refractivity contribution in [2.24, 2.45) is 13.0 Å². The van der Waals surface area contributed by atoms with Gasteiger partial charge in [-0.2, -0.15) is 25.8 Å². The predicted molar refractivity (Wildman–Crippen MR) is 117 cm³/mol. The van der Waals surface area contributed by atoms with Gasteiger partial charge in [-0.3, -0.25) is 9.36 Å². The zero-order chi connectivity index (χ0) is 22.3. The molecule has 160 valence electrons. The second kappa shape index (κ2) is 7.50. The number of hydrogen-bond donors (Lipinski definition) is 1. The lowest BCUT2D eigenvalue weighted by molar-refractivity contribution is 0.160. The average Bonchev–Trinajstić information content (AvgIpc) is 3.54. The van der Waals surface area contributed by atoms with E-state index < -0.39 is 5.54 Å². The van der Waals surface area contributed by atoms with Gasteiger partial charge < -0.3 is 5.73 Å². The third-order valence-electron chi connectivity index (χ3n) is 6.42. The predicted octanol–water partition coefficient (Wildman–Crippen LogP) is 2.90. The summed E-state index contributed by atoms with van der Waals surface area (Å²) < 4.78 is 5.27. The maximum absolute atomic E-state index is 9.49.